The fourth-order valence-corrected chi connectivity index (χ4v) is 7.69. The fourth-order valence-electron chi connectivity index (χ4n) is 6.67. The highest BCUT2D eigenvalue weighted by molar-refractivity contribution is 7.81. The summed E-state index contributed by atoms with van der Waals surface area (Å²) < 4.78 is 92.4. The van der Waals surface area contributed by atoms with Crippen molar-refractivity contribution in [3.05, 3.63) is 60.8 Å². The van der Waals surface area contributed by atoms with Crippen molar-refractivity contribution in [1.82, 2.24) is 10.6 Å². The lowest BCUT2D eigenvalue weighted by molar-refractivity contribution is -0.299. The average molecular weight is 1070 g/mol. The number of carbonyl (C=O) groups is 2. The second-order valence-electron chi connectivity index (χ2n) is 16.2. The quantitative estimate of drug-likeness (QED) is 0.0283. The summed E-state index contributed by atoms with van der Waals surface area (Å²) in [7, 11) is -10.2. The van der Waals surface area contributed by atoms with Gasteiger partial charge >= 0.3 is 20.8 Å². The topological polar surface area (TPSA) is 404 Å². The minimum absolute atomic E-state index is 0.0152. The van der Waals surface area contributed by atoms with Crippen molar-refractivity contribution in [3.8, 4) is 0 Å². The maximum Gasteiger partial charge on any atom is 0.397 e. The number of aliphatic hydroxyl groups is 9. The third-order valence-electron chi connectivity index (χ3n) is 10.3. The lowest BCUT2D eigenvalue weighted by Crippen LogP contribution is -2.61. The molecular weight excluding hydrogens is 989 g/mol. The number of amides is 2. The van der Waals surface area contributed by atoms with Crippen LogP contribution in [0.4, 0.5) is 0 Å². The van der Waals surface area contributed by atoms with Gasteiger partial charge in [-0.25, -0.2) is 8.37 Å². The monoisotopic (exact) mass is 1060 g/mol. The molecule has 0 bridgehead atoms. The molecule has 25 nitrogen and oxygen atoms in total. The van der Waals surface area contributed by atoms with E-state index in [1.165, 1.54) is 6.08 Å². The first-order chi connectivity index (χ1) is 33.5. The van der Waals surface area contributed by atoms with Gasteiger partial charge in [0.25, 0.3) is 0 Å². The zero-order chi connectivity index (χ0) is 53.7. The Labute approximate surface area is 415 Å². The Morgan fingerprint density at radius 2 is 0.986 bits per heavy atom. The number of nitrogens with one attached hydrogen (secondary N) is 2. The van der Waals surface area contributed by atoms with E-state index in [9.17, 15) is 72.4 Å². The van der Waals surface area contributed by atoms with Crippen LogP contribution < -0.4 is 10.6 Å². The van der Waals surface area contributed by atoms with Crippen molar-refractivity contribution < 1.29 is 109 Å². The van der Waals surface area contributed by atoms with Gasteiger partial charge in [-0.1, -0.05) is 94.9 Å². The van der Waals surface area contributed by atoms with Gasteiger partial charge in [-0.2, -0.15) is 16.8 Å². The van der Waals surface area contributed by atoms with Gasteiger partial charge in [-0.15, -0.1) is 0 Å². The number of ether oxygens (including phenoxy) is 4. The van der Waals surface area contributed by atoms with Gasteiger partial charge < -0.3 is 75.5 Å². The first-order valence-corrected chi connectivity index (χ1v) is 25.9. The molecular formula is C44H76N2O23S2. The smallest absolute Gasteiger partial charge is 0.394 e. The summed E-state index contributed by atoms with van der Waals surface area (Å²) in [5.74, 6) is -0.886. The van der Waals surface area contributed by atoms with E-state index in [0.29, 0.717) is 25.7 Å². The lowest BCUT2D eigenvalue weighted by Gasteiger charge is -2.41. The van der Waals surface area contributed by atoms with Gasteiger partial charge in [0, 0.05) is 12.8 Å². The highest BCUT2D eigenvalue weighted by Crippen LogP contribution is 2.27. The third-order valence-corrected chi connectivity index (χ3v) is 11.3. The van der Waals surface area contributed by atoms with Crippen LogP contribution >= 0.6 is 0 Å². The molecule has 2 aliphatic heterocycles. The predicted octanol–water partition coefficient (Wildman–Crippen LogP) is -1.32. The Morgan fingerprint density at radius 1 is 0.592 bits per heavy atom. The molecule has 0 aromatic rings. The van der Waals surface area contributed by atoms with Crippen molar-refractivity contribution in [2.75, 3.05) is 26.4 Å². The molecule has 0 spiro atoms. The van der Waals surface area contributed by atoms with Crippen LogP contribution in [0.25, 0.3) is 0 Å². The van der Waals surface area contributed by atoms with Crippen molar-refractivity contribution in [2.45, 2.75) is 177 Å². The summed E-state index contributed by atoms with van der Waals surface area (Å²) in [5.41, 5.74) is 0. The Hall–Kier alpha value is -3.14. The average Bonchev–Trinajstić information content (AvgIpc) is 3.31. The third kappa shape index (κ3) is 26.1. The van der Waals surface area contributed by atoms with Gasteiger partial charge in [0.1, 0.15) is 54.9 Å². The molecule has 0 aliphatic carbocycles. The first kappa shape index (κ1) is 65.9. The Bertz CT molecular complexity index is 1890. The summed E-state index contributed by atoms with van der Waals surface area (Å²) in [4.78, 5) is 24.8. The van der Waals surface area contributed by atoms with Crippen LogP contribution in [0.1, 0.15) is 85.5 Å². The molecule has 2 aliphatic rings. The molecule has 71 heavy (non-hydrogen) atoms. The van der Waals surface area contributed by atoms with Crippen LogP contribution in [0, 0.1) is 0 Å². The zero-order valence-corrected chi connectivity index (χ0v) is 41.9. The van der Waals surface area contributed by atoms with Gasteiger partial charge in [-0.3, -0.25) is 18.7 Å². The molecule has 0 aromatic carbocycles. The number of rotatable bonds is 31. The SMILES string of the molecule is CCC=CCC=CCC(=O)NC(COC1OC(CO)C(O)C(OS(=O)(=O)O)C1O)C(O)/C=C/CC.CCC=CCC=CCC(=O)NC(COC1OC(CO)C(O)C(OS(=O)(=O)O)C1O)C(O)C(O)CCC. The molecule has 0 radical (unpaired) electrons. The molecule has 15 atom stereocenters. The highest BCUT2D eigenvalue weighted by atomic mass is 32.3. The molecule has 2 saturated heterocycles. The molecule has 2 rings (SSSR count). The van der Waals surface area contributed by atoms with Gasteiger partial charge in [0.05, 0.1) is 50.7 Å². The summed E-state index contributed by atoms with van der Waals surface area (Å²) in [6.45, 7) is 5.17. The second kappa shape index (κ2) is 35.1. The van der Waals surface area contributed by atoms with E-state index in [4.69, 9.17) is 28.1 Å². The Morgan fingerprint density at radius 3 is 1.37 bits per heavy atom. The normalized spacial score (nSPS) is 27.7. The van der Waals surface area contributed by atoms with Crippen LogP contribution in [0.15, 0.2) is 60.8 Å². The molecule has 27 heteroatoms. The predicted molar refractivity (Wildman–Crippen MR) is 252 cm³/mol. The molecule has 2 heterocycles. The van der Waals surface area contributed by atoms with E-state index in [0.717, 1.165) is 12.8 Å². The van der Waals surface area contributed by atoms with E-state index in [1.807, 2.05) is 51.2 Å². The number of aliphatic hydroxyl groups excluding tert-OH is 9. The van der Waals surface area contributed by atoms with Crippen LogP contribution in [0.2, 0.25) is 0 Å². The molecule has 0 saturated carbocycles. The Kier molecular flexibility index (Phi) is 32.6. The molecule has 2 amide bonds. The van der Waals surface area contributed by atoms with Gasteiger partial charge in [0.15, 0.2) is 12.6 Å². The van der Waals surface area contributed by atoms with E-state index < -0.39 is 151 Å². The lowest BCUT2D eigenvalue weighted by atomic mass is 9.99. The van der Waals surface area contributed by atoms with Crippen molar-refractivity contribution in [1.29, 1.82) is 0 Å². The van der Waals surface area contributed by atoms with E-state index >= 15 is 0 Å². The Balaban J connectivity index is 0.000000710. The number of hydrogen-bond donors (Lipinski definition) is 13. The van der Waals surface area contributed by atoms with Crippen molar-refractivity contribution in [3.63, 3.8) is 0 Å². The second-order valence-corrected chi connectivity index (χ2v) is 18.3. The summed E-state index contributed by atoms with van der Waals surface area (Å²) >= 11 is 0. The molecule has 2 fully saturated rings. The van der Waals surface area contributed by atoms with Crippen LogP contribution in [-0.2, 0) is 57.7 Å². The van der Waals surface area contributed by atoms with Gasteiger partial charge in [0.2, 0.25) is 11.8 Å². The molecule has 0 aromatic heterocycles. The van der Waals surface area contributed by atoms with E-state index in [-0.39, 0.29) is 19.3 Å². The molecule has 412 valence electrons. The number of hydrogen-bond acceptors (Lipinski definition) is 21. The van der Waals surface area contributed by atoms with E-state index in [1.54, 1.807) is 31.2 Å². The van der Waals surface area contributed by atoms with Crippen LogP contribution in [-0.4, -0.2) is 202 Å². The minimum Gasteiger partial charge on any atom is -0.394 e. The number of carbonyl (C=O) groups excluding carboxylic acids is 2. The molecule has 15 unspecified atom stereocenters. The summed E-state index contributed by atoms with van der Waals surface area (Å²) in [6.07, 6.45) is 1.25. The van der Waals surface area contributed by atoms with Gasteiger partial charge in [-0.05, 0) is 38.5 Å². The highest BCUT2D eigenvalue weighted by Gasteiger charge is 2.49. The summed E-state index contributed by atoms with van der Waals surface area (Å²) in [5, 5.41) is 96.3. The first-order valence-electron chi connectivity index (χ1n) is 23.2. The molecule has 13 N–H and O–H groups in total. The summed E-state index contributed by atoms with van der Waals surface area (Å²) in [6, 6.07) is -2.14. The van der Waals surface area contributed by atoms with Crippen molar-refractivity contribution in [2.24, 2.45) is 0 Å². The van der Waals surface area contributed by atoms with E-state index in [2.05, 4.69) is 19.0 Å². The number of allylic oxidation sites excluding steroid dienone is 7. The zero-order valence-electron chi connectivity index (χ0n) is 40.3. The van der Waals surface area contributed by atoms with Crippen LogP contribution in [0.5, 0.6) is 0 Å². The fraction of sp³-hybridized carbons (Fsp3) is 0.727. The largest absolute Gasteiger partial charge is 0.397 e. The maximum absolute atomic E-state index is 12.4. The van der Waals surface area contributed by atoms with Crippen molar-refractivity contribution >= 4 is 32.6 Å². The standard InChI is InChI=1S/C22H39NO12S.C22H37NO11S/c1-3-5-6-7-8-9-11-17(26)23-14(18(27)15(25)10-4-2)13-33-22-20(29)21(35-36(30,31)32)19(28)16(12-24)34-22;1-3-5-7-8-9-10-12-18(26)23-15(16(25)11-6-4-2)14-32-22-20(28)21(34-35(29,30)31)19(27)17(13-24)33-22/h5-6,8-9,14-16,18-22,24-25,27-29H,3-4,7,10-13H2,1-2H3,(H,23,26)(H,30,31,32);5-7,9-11,15-17,19-22,24-25,27-28H,3-4,8,12-14H2,1-2H3,(H,23,26)(H,29,30,31)/b;7-5?,10-9?,11-6+. The maximum atomic E-state index is 12.4. The van der Waals surface area contributed by atoms with Crippen LogP contribution in [0.3, 0.4) is 0 Å². The minimum atomic E-state index is -5.09.